The van der Waals surface area contributed by atoms with Gasteiger partial charge in [-0.15, -0.1) is 0 Å². The van der Waals surface area contributed by atoms with Crippen molar-refractivity contribution in [2.45, 2.75) is 26.0 Å². The minimum absolute atomic E-state index is 0.198. The van der Waals surface area contributed by atoms with E-state index in [1.54, 1.807) is 30.8 Å². The van der Waals surface area contributed by atoms with Crippen LogP contribution < -0.4 is 5.73 Å². The Hall–Kier alpha value is -2.51. The largest absolute Gasteiger partial charge is 0.386 e. The molecule has 0 aliphatic carbocycles. The molecule has 1 aromatic carbocycles. The Kier molecular flexibility index (Phi) is 3.98. The van der Waals surface area contributed by atoms with E-state index in [1.807, 2.05) is 32.3 Å². The van der Waals surface area contributed by atoms with Gasteiger partial charge in [-0.2, -0.15) is 10.1 Å². The molecule has 3 N–H and O–H groups in total. The van der Waals surface area contributed by atoms with Crippen LogP contribution in [0.4, 0.5) is 5.95 Å². The zero-order valence-electron chi connectivity index (χ0n) is 14.4. The number of rotatable bonds is 4. The summed E-state index contributed by atoms with van der Waals surface area (Å²) in [6.07, 6.45) is 1.61. The molecule has 0 unspecified atom stereocenters. The van der Waals surface area contributed by atoms with E-state index in [9.17, 15) is 5.11 Å². The quantitative estimate of drug-likeness (QED) is 0.758. The second-order valence-corrected chi connectivity index (χ2v) is 6.66. The van der Waals surface area contributed by atoms with Crippen molar-refractivity contribution in [2.75, 3.05) is 19.8 Å². The smallest absolute Gasteiger partial charge is 0.221 e. The highest BCUT2D eigenvalue weighted by molar-refractivity contribution is 5.84. The Morgan fingerprint density at radius 2 is 2.00 bits per heavy atom. The molecule has 126 valence electrons. The van der Waals surface area contributed by atoms with E-state index in [0.717, 1.165) is 22.2 Å². The number of nitrogens with zero attached hydrogens (tertiary/aromatic N) is 5. The van der Waals surface area contributed by atoms with Crippen molar-refractivity contribution in [1.82, 2.24) is 24.6 Å². The van der Waals surface area contributed by atoms with Gasteiger partial charge in [-0.3, -0.25) is 0 Å². The summed E-state index contributed by atoms with van der Waals surface area (Å²) in [5, 5.41) is 16.1. The topological polar surface area (TPSA) is 93.1 Å². The lowest BCUT2D eigenvalue weighted by molar-refractivity contribution is 0.0787. The number of hydrogen-bond acceptors (Lipinski definition) is 6. The first-order valence-corrected chi connectivity index (χ1v) is 7.74. The van der Waals surface area contributed by atoms with E-state index in [2.05, 4.69) is 14.9 Å². The lowest BCUT2D eigenvalue weighted by atomic mass is 9.97. The third kappa shape index (κ3) is 3.08. The van der Waals surface area contributed by atoms with Gasteiger partial charge in [0, 0.05) is 24.2 Å². The number of hydrogen-bond donors (Lipinski definition) is 2. The molecule has 0 bridgehead atoms. The number of nitrogen functional groups attached to an aromatic ring is 1. The van der Waals surface area contributed by atoms with E-state index < -0.39 is 5.60 Å². The first-order valence-electron chi connectivity index (χ1n) is 7.74. The van der Waals surface area contributed by atoms with Gasteiger partial charge in [-0.1, -0.05) is 12.1 Å². The molecule has 0 spiro atoms. The van der Waals surface area contributed by atoms with Gasteiger partial charge in [-0.05, 0) is 39.6 Å². The number of anilines is 1. The van der Waals surface area contributed by atoms with E-state index in [-0.39, 0.29) is 5.95 Å². The van der Waals surface area contributed by atoms with Gasteiger partial charge in [0.05, 0.1) is 16.8 Å². The van der Waals surface area contributed by atoms with Crippen LogP contribution in [-0.2, 0) is 12.1 Å². The van der Waals surface area contributed by atoms with Crippen molar-refractivity contribution >= 4 is 16.9 Å². The summed E-state index contributed by atoms with van der Waals surface area (Å²) in [6.45, 7) is 4.22. The summed E-state index contributed by atoms with van der Waals surface area (Å²) in [5.41, 5.74) is 7.41. The molecule has 3 aromatic rings. The van der Waals surface area contributed by atoms with Crippen LogP contribution in [-0.4, -0.2) is 43.9 Å². The van der Waals surface area contributed by atoms with E-state index in [0.29, 0.717) is 12.4 Å². The molecule has 0 fully saturated rings. The Balaban J connectivity index is 2.26. The highest BCUT2D eigenvalue weighted by atomic mass is 16.3. The number of aliphatic hydroxyl groups is 1. The Morgan fingerprint density at radius 3 is 2.62 bits per heavy atom. The van der Waals surface area contributed by atoms with Crippen molar-refractivity contribution in [3.05, 3.63) is 41.7 Å². The number of fused-ring (bicyclic) bond motifs is 1. The Bertz CT molecular complexity index is 878. The average Bonchev–Trinajstić information content (AvgIpc) is 2.84. The van der Waals surface area contributed by atoms with Crippen molar-refractivity contribution < 1.29 is 5.11 Å². The summed E-state index contributed by atoms with van der Waals surface area (Å²) in [6, 6.07) is 7.64. The summed E-state index contributed by atoms with van der Waals surface area (Å²) < 4.78 is 1.75. The molecule has 0 aliphatic heterocycles. The first-order chi connectivity index (χ1) is 11.3. The SMILES string of the molecule is CN(C)Cc1nn(-c2ccnc(N)n2)c2cc(C(C)(C)O)ccc12. The van der Waals surface area contributed by atoms with Gasteiger partial charge in [0.25, 0.3) is 0 Å². The normalized spacial score (nSPS) is 12.2. The summed E-state index contributed by atoms with van der Waals surface area (Å²) in [5.74, 6) is 0.800. The standard InChI is InChI=1S/C17H22N6O/c1-17(2,24)11-5-6-12-13(10-22(3)4)21-23(14(12)9-11)15-7-8-19-16(18)20-15/h5-9,24H,10H2,1-4H3,(H2,18,19,20). The highest BCUT2D eigenvalue weighted by Gasteiger charge is 2.20. The van der Waals surface area contributed by atoms with Crippen LogP contribution in [0.25, 0.3) is 16.7 Å². The van der Waals surface area contributed by atoms with Crippen LogP contribution in [0.15, 0.2) is 30.5 Å². The monoisotopic (exact) mass is 326 g/mol. The molecule has 0 amide bonds. The molecule has 0 saturated heterocycles. The van der Waals surface area contributed by atoms with Gasteiger partial charge in [-0.25, -0.2) is 9.67 Å². The van der Waals surface area contributed by atoms with E-state index in [1.165, 1.54) is 0 Å². The summed E-state index contributed by atoms with van der Waals surface area (Å²) in [4.78, 5) is 10.3. The van der Waals surface area contributed by atoms with Crippen molar-refractivity contribution in [2.24, 2.45) is 0 Å². The Labute approximate surface area is 140 Å². The molecule has 3 rings (SSSR count). The molecule has 24 heavy (non-hydrogen) atoms. The number of benzene rings is 1. The fraction of sp³-hybridized carbons (Fsp3) is 0.353. The van der Waals surface area contributed by atoms with Gasteiger partial charge >= 0.3 is 0 Å². The molecule has 0 radical (unpaired) electrons. The summed E-state index contributed by atoms with van der Waals surface area (Å²) >= 11 is 0. The first kappa shape index (κ1) is 16.4. The summed E-state index contributed by atoms with van der Waals surface area (Å²) in [7, 11) is 4.00. The van der Waals surface area contributed by atoms with Gasteiger partial charge in [0.15, 0.2) is 5.82 Å². The molecule has 2 heterocycles. The fourth-order valence-electron chi connectivity index (χ4n) is 2.63. The van der Waals surface area contributed by atoms with Crippen LogP contribution in [0, 0.1) is 0 Å². The molecule has 0 atom stereocenters. The van der Waals surface area contributed by atoms with Crippen LogP contribution in [0.5, 0.6) is 0 Å². The lowest BCUT2D eigenvalue weighted by Crippen LogP contribution is -2.15. The average molecular weight is 326 g/mol. The van der Waals surface area contributed by atoms with E-state index in [4.69, 9.17) is 10.8 Å². The maximum absolute atomic E-state index is 10.3. The molecular formula is C17H22N6O. The Morgan fingerprint density at radius 1 is 1.25 bits per heavy atom. The van der Waals surface area contributed by atoms with Crippen molar-refractivity contribution in [1.29, 1.82) is 0 Å². The third-order valence-electron chi connectivity index (χ3n) is 3.81. The third-order valence-corrected chi connectivity index (χ3v) is 3.81. The lowest BCUT2D eigenvalue weighted by Gasteiger charge is -2.18. The zero-order chi connectivity index (χ0) is 17.5. The molecular weight excluding hydrogens is 304 g/mol. The van der Waals surface area contributed by atoms with Gasteiger partial charge in [0.1, 0.15) is 0 Å². The van der Waals surface area contributed by atoms with Crippen molar-refractivity contribution in [3.8, 4) is 5.82 Å². The molecule has 0 aliphatic rings. The fourth-order valence-corrected chi connectivity index (χ4v) is 2.63. The minimum atomic E-state index is -0.935. The number of aromatic nitrogens is 4. The predicted octanol–water partition coefficient (Wildman–Crippen LogP) is 1.69. The second kappa shape index (κ2) is 5.85. The molecule has 7 nitrogen and oxygen atoms in total. The van der Waals surface area contributed by atoms with E-state index >= 15 is 0 Å². The molecule has 7 heteroatoms. The number of nitrogens with two attached hydrogens (primary N) is 1. The molecule has 0 saturated carbocycles. The van der Waals surface area contributed by atoms with Gasteiger partial charge < -0.3 is 15.7 Å². The minimum Gasteiger partial charge on any atom is -0.386 e. The molecule has 2 aromatic heterocycles. The van der Waals surface area contributed by atoms with Crippen molar-refractivity contribution in [3.63, 3.8) is 0 Å². The van der Waals surface area contributed by atoms with Crippen LogP contribution in [0.1, 0.15) is 25.1 Å². The zero-order valence-corrected chi connectivity index (χ0v) is 14.4. The highest BCUT2D eigenvalue weighted by Crippen LogP contribution is 2.28. The van der Waals surface area contributed by atoms with Crippen LogP contribution >= 0.6 is 0 Å². The van der Waals surface area contributed by atoms with Crippen LogP contribution in [0.3, 0.4) is 0 Å². The maximum Gasteiger partial charge on any atom is 0.221 e. The second-order valence-electron chi connectivity index (χ2n) is 6.66. The van der Waals surface area contributed by atoms with Gasteiger partial charge in [0.2, 0.25) is 5.95 Å². The predicted molar refractivity (Wildman–Crippen MR) is 93.7 cm³/mol. The maximum atomic E-state index is 10.3. The van der Waals surface area contributed by atoms with Crippen LogP contribution in [0.2, 0.25) is 0 Å².